The molecule has 38 heavy (non-hydrogen) atoms. The van der Waals surface area contributed by atoms with E-state index in [0.717, 1.165) is 26.2 Å². The Labute approximate surface area is 227 Å². The Kier molecular flexibility index (Phi) is 7.33. The van der Waals surface area contributed by atoms with Crippen LogP contribution in [-0.4, -0.2) is 9.13 Å². The molecule has 0 aliphatic heterocycles. The first-order valence-corrected chi connectivity index (χ1v) is 13.5. The third-order valence-corrected chi connectivity index (χ3v) is 7.61. The molecule has 0 amide bonds. The highest BCUT2D eigenvalue weighted by Gasteiger charge is 2.12. The number of rotatable bonds is 8. The van der Waals surface area contributed by atoms with Crippen molar-refractivity contribution in [1.29, 1.82) is 0 Å². The number of imidazole rings is 2. The number of benzene rings is 3. The fourth-order valence-corrected chi connectivity index (χ4v) is 5.71. The van der Waals surface area contributed by atoms with E-state index in [-0.39, 0.29) is 0 Å². The molecule has 5 aromatic rings. The van der Waals surface area contributed by atoms with Gasteiger partial charge in [-0.05, 0) is 86.1 Å². The standard InChI is InChI=1S/C34H40N4/c1-25-15-27(3)33(28(4)16-25)21-37-13-11-35(23-37)19-31-7-9-32(10-8-31)20-36-12-14-38(24-36)22-34-29(5)17-26(2)18-30(34)6/h7-18,23-24H,19-22H2,1-6H3/q+2. The molecule has 0 aliphatic rings. The molecule has 5 rings (SSSR count). The van der Waals surface area contributed by atoms with Crippen molar-refractivity contribution in [3.05, 3.63) is 142 Å². The van der Waals surface area contributed by atoms with E-state index < -0.39 is 0 Å². The number of hydrogen-bond donors (Lipinski definition) is 0. The van der Waals surface area contributed by atoms with Gasteiger partial charge in [0.05, 0.1) is 0 Å². The van der Waals surface area contributed by atoms with Gasteiger partial charge in [0.2, 0.25) is 12.7 Å². The maximum Gasteiger partial charge on any atom is 0.244 e. The maximum atomic E-state index is 2.28. The van der Waals surface area contributed by atoms with Crippen molar-refractivity contribution in [1.82, 2.24) is 9.13 Å². The number of aryl methyl sites for hydroxylation is 6. The minimum atomic E-state index is 0.873. The highest BCUT2D eigenvalue weighted by atomic mass is 15.1. The van der Waals surface area contributed by atoms with E-state index >= 15 is 0 Å². The third kappa shape index (κ3) is 5.96. The molecule has 0 bridgehead atoms. The van der Waals surface area contributed by atoms with Crippen molar-refractivity contribution in [3.8, 4) is 0 Å². The summed E-state index contributed by atoms with van der Waals surface area (Å²) < 4.78 is 9.08. The van der Waals surface area contributed by atoms with Gasteiger partial charge in [0.1, 0.15) is 51.0 Å². The minimum Gasteiger partial charge on any atom is -0.233 e. The lowest BCUT2D eigenvalue weighted by Crippen LogP contribution is -2.32. The average molecular weight is 505 g/mol. The van der Waals surface area contributed by atoms with Crippen LogP contribution in [0.25, 0.3) is 0 Å². The third-order valence-electron chi connectivity index (χ3n) is 7.61. The van der Waals surface area contributed by atoms with Crippen molar-refractivity contribution >= 4 is 0 Å². The molecule has 0 N–H and O–H groups in total. The van der Waals surface area contributed by atoms with Gasteiger partial charge in [-0.1, -0.05) is 59.7 Å². The summed E-state index contributed by atoms with van der Waals surface area (Å²) in [6, 6.07) is 18.1. The largest absolute Gasteiger partial charge is 0.244 e. The molecule has 4 nitrogen and oxygen atoms in total. The van der Waals surface area contributed by atoms with Gasteiger partial charge in [-0.2, -0.15) is 0 Å². The van der Waals surface area contributed by atoms with E-state index in [2.05, 4.69) is 146 Å². The van der Waals surface area contributed by atoms with Crippen molar-refractivity contribution in [2.24, 2.45) is 0 Å². The van der Waals surface area contributed by atoms with Crippen LogP contribution in [0, 0.1) is 41.5 Å². The molecule has 4 heteroatoms. The quantitative estimate of drug-likeness (QED) is 0.234. The van der Waals surface area contributed by atoms with Crippen LogP contribution < -0.4 is 9.13 Å². The summed E-state index contributed by atoms with van der Waals surface area (Å²) in [6.07, 6.45) is 13.1. The first-order chi connectivity index (χ1) is 18.2. The van der Waals surface area contributed by atoms with Crippen molar-refractivity contribution in [2.75, 3.05) is 0 Å². The van der Waals surface area contributed by atoms with Gasteiger partial charge in [0.15, 0.2) is 0 Å². The van der Waals surface area contributed by atoms with Crippen LogP contribution in [0.1, 0.15) is 55.6 Å². The van der Waals surface area contributed by atoms with Crippen molar-refractivity contribution in [2.45, 2.75) is 67.7 Å². The molecule has 0 aliphatic carbocycles. The smallest absolute Gasteiger partial charge is 0.233 e. The lowest BCUT2D eigenvalue weighted by molar-refractivity contribution is -0.688. The summed E-state index contributed by atoms with van der Waals surface area (Å²) in [7, 11) is 0. The normalized spacial score (nSPS) is 11.3. The van der Waals surface area contributed by atoms with E-state index in [1.165, 1.54) is 55.6 Å². The van der Waals surface area contributed by atoms with Crippen molar-refractivity contribution < 1.29 is 9.13 Å². The zero-order valence-electron chi connectivity index (χ0n) is 23.7. The first kappa shape index (κ1) is 25.7. The topological polar surface area (TPSA) is 17.6 Å². The number of nitrogens with zero attached hydrogens (tertiary/aromatic N) is 4. The predicted molar refractivity (Wildman–Crippen MR) is 153 cm³/mol. The van der Waals surface area contributed by atoms with Gasteiger partial charge < -0.3 is 0 Å². The minimum absolute atomic E-state index is 0.873. The van der Waals surface area contributed by atoms with Crippen molar-refractivity contribution in [3.63, 3.8) is 0 Å². The monoisotopic (exact) mass is 504 g/mol. The first-order valence-electron chi connectivity index (χ1n) is 13.5. The van der Waals surface area contributed by atoms with Gasteiger partial charge >= 0.3 is 0 Å². The summed E-state index contributed by atoms with van der Waals surface area (Å²) in [5, 5.41) is 0. The van der Waals surface area contributed by atoms with Crippen LogP contribution in [0.3, 0.4) is 0 Å². The summed E-state index contributed by atoms with van der Waals surface area (Å²) in [5.74, 6) is 0. The van der Waals surface area contributed by atoms with Gasteiger partial charge in [-0.3, -0.25) is 0 Å². The van der Waals surface area contributed by atoms with E-state index in [1.807, 2.05) is 0 Å². The van der Waals surface area contributed by atoms with Crippen LogP contribution >= 0.6 is 0 Å². The van der Waals surface area contributed by atoms with E-state index in [4.69, 9.17) is 0 Å². The van der Waals surface area contributed by atoms with Crippen LogP contribution in [-0.2, 0) is 26.2 Å². The van der Waals surface area contributed by atoms with E-state index in [0.29, 0.717) is 0 Å². The van der Waals surface area contributed by atoms with Crippen LogP contribution in [0.2, 0.25) is 0 Å². The fraction of sp³-hybridized carbons (Fsp3) is 0.294. The lowest BCUT2D eigenvalue weighted by Gasteiger charge is -2.09. The molecule has 0 radical (unpaired) electrons. The Balaban J connectivity index is 1.19. The zero-order valence-corrected chi connectivity index (χ0v) is 23.7. The van der Waals surface area contributed by atoms with Gasteiger partial charge in [0, 0.05) is 0 Å². The van der Waals surface area contributed by atoms with Crippen LogP contribution in [0.4, 0.5) is 0 Å². The molecule has 3 aromatic carbocycles. The summed E-state index contributed by atoms with van der Waals surface area (Å²) in [6.45, 7) is 16.8. The molecular weight excluding hydrogens is 464 g/mol. The second-order valence-electron chi connectivity index (χ2n) is 11.1. The molecule has 194 valence electrons. The van der Waals surface area contributed by atoms with E-state index in [9.17, 15) is 0 Å². The molecule has 0 atom stereocenters. The molecule has 2 heterocycles. The van der Waals surface area contributed by atoms with Gasteiger partial charge in [-0.15, -0.1) is 0 Å². The fourth-order valence-electron chi connectivity index (χ4n) is 5.71. The van der Waals surface area contributed by atoms with Crippen LogP contribution in [0.5, 0.6) is 0 Å². The second-order valence-corrected chi connectivity index (χ2v) is 11.1. The van der Waals surface area contributed by atoms with Gasteiger partial charge in [-0.25, -0.2) is 18.3 Å². The Bertz CT molecular complexity index is 1400. The highest BCUT2D eigenvalue weighted by Crippen LogP contribution is 2.18. The molecule has 0 saturated heterocycles. The Morgan fingerprint density at radius 3 is 1.21 bits per heavy atom. The molecule has 0 fully saturated rings. The number of hydrogen-bond acceptors (Lipinski definition) is 0. The highest BCUT2D eigenvalue weighted by molar-refractivity contribution is 5.38. The van der Waals surface area contributed by atoms with Crippen LogP contribution in [0.15, 0.2) is 86.0 Å². The van der Waals surface area contributed by atoms with Gasteiger partial charge in [0.25, 0.3) is 0 Å². The Hall–Kier alpha value is -3.92. The average Bonchev–Trinajstić information content (AvgIpc) is 3.49. The summed E-state index contributed by atoms with van der Waals surface area (Å²) in [4.78, 5) is 0. The SMILES string of the molecule is Cc1cc(C)c(Cn2cc[n+](Cc3ccc(C[n+]4ccn(Cc5c(C)cc(C)cc5C)c4)cc3)c2)c(C)c1. The van der Waals surface area contributed by atoms with E-state index in [1.54, 1.807) is 0 Å². The predicted octanol–water partition coefficient (Wildman–Crippen LogP) is 5.91. The summed E-state index contributed by atoms with van der Waals surface area (Å²) in [5.41, 5.74) is 13.6. The molecule has 0 spiro atoms. The Morgan fingerprint density at radius 2 is 0.868 bits per heavy atom. The summed E-state index contributed by atoms with van der Waals surface area (Å²) >= 11 is 0. The second kappa shape index (κ2) is 10.8. The molecule has 2 aromatic heterocycles. The maximum absolute atomic E-state index is 2.28. The number of aromatic nitrogens is 4. The Morgan fingerprint density at radius 1 is 0.526 bits per heavy atom. The molecule has 0 unspecified atom stereocenters. The molecule has 0 saturated carbocycles. The molecular formula is C34H40N4+2. The zero-order chi connectivity index (χ0) is 26.8. The lowest BCUT2D eigenvalue weighted by atomic mass is 10.00.